The van der Waals surface area contributed by atoms with Crippen LogP contribution in [0.1, 0.15) is 22.3 Å². The molecule has 158 valence electrons. The van der Waals surface area contributed by atoms with E-state index in [4.69, 9.17) is 11.6 Å². The van der Waals surface area contributed by atoms with E-state index in [0.29, 0.717) is 11.3 Å². The van der Waals surface area contributed by atoms with E-state index in [9.17, 15) is 30.8 Å². The van der Waals surface area contributed by atoms with E-state index in [1.165, 1.54) is 6.07 Å². The first-order valence-corrected chi connectivity index (χ1v) is 10.6. The van der Waals surface area contributed by atoms with E-state index in [1.54, 1.807) is 0 Å². The molecule has 0 radical (unpaired) electrons. The number of hydrogen-bond acceptors (Lipinski definition) is 5. The van der Waals surface area contributed by atoms with Crippen LogP contribution in [0.3, 0.4) is 0 Å². The molecular weight excluding hydrogens is 460 g/mol. The number of hydrogen-bond donors (Lipinski definition) is 2. The summed E-state index contributed by atoms with van der Waals surface area (Å²) in [6, 6.07) is 1.12. The van der Waals surface area contributed by atoms with Crippen LogP contribution in [0.15, 0.2) is 24.4 Å². The Morgan fingerprint density at radius 2 is 2.10 bits per heavy atom. The minimum Gasteiger partial charge on any atom is -0.325 e. The number of halogens is 5. The van der Waals surface area contributed by atoms with Crippen LogP contribution < -0.4 is 10.0 Å². The van der Waals surface area contributed by atoms with Gasteiger partial charge in [-0.2, -0.15) is 30.6 Å². The number of carbonyl (C=O) groups is 1. The fourth-order valence-corrected chi connectivity index (χ4v) is 5.04. The third-order valence-corrected chi connectivity index (χ3v) is 7.21. The molecule has 2 N–H and O–H groups in total. The van der Waals surface area contributed by atoms with Gasteiger partial charge in [-0.05, 0) is 24.6 Å². The summed E-state index contributed by atoms with van der Waals surface area (Å²) in [6.07, 6.45) is -3.87. The molecule has 0 aliphatic carbocycles. The number of carbonyl (C=O) groups excluding carboxylic acids is 1. The van der Waals surface area contributed by atoms with Crippen LogP contribution in [0.25, 0.3) is 0 Å². The van der Waals surface area contributed by atoms with Gasteiger partial charge in [-0.15, -0.1) is 11.3 Å². The number of aromatic nitrogens is 1. The van der Waals surface area contributed by atoms with Gasteiger partial charge >= 0.3 is 6.18 Å². The van der Waals surface area contributed by atoms with Crippen molar-refractivity contribution in [3.8, 4) is 0 Å². The molecule has 2 heterocycles. The van der Waals surface area contributed by atoms with Crippen LogP contribution in [0, 0.1) is 5.82 Å². The van der Waals surface area contributed by atoms with Crippen LogP contribution in [0.4, 0.5) is 23.2 Å². The van der Waals surface area contributed by atoms with Crippen LogP contribution in [-0.2, 0) is 21.2 Å². The molecule has 1 aromatic heterocycles. The van der Waals surface area contributed by atoms with Crippen LogP contribution in [0.5, 0.6) is 0 Å². The third kappa shape index (κ3) is 4.69. The summed E-state index contributed by atoms with van der Waals surface area (Å²) in [7, 11) is -2.99. The molecule has 2 atom stereocenters. The molecule has 0 spiro atoms. The summed E-state index contributed by atoms with van der Waals surface area (Å²) >= 11 is 5.96. The van der Waals surface area contributed by atoms with Gasteiger partial charge in [0.1, 0.15) is 11.9 Å². The monoisotopic (exact) mass is 472 g/mol. The van der Waals surface area contributed by atoms with E-state index >= 15 is 0 Å². The summed E-state index contributed by atoms with van der Waals surface area (Å²) < 4.78 is 79.4. The standard InChI is InChI=1S/C15H13ClF4N4O3S2/c1-24-11(13(25)22-7-2-3-9(17)8(16)4-7)5-10(23-29(24,26)27)12-6-21-14(28-12)15(18,19)20/h2-4,6,10-11,23H,5H2,1H3,(H,22,25)/t10-,11+/m1/s1. The number of anilines is 1. The first kappa shape index (κ1) is 21.9. The molecule has 1 aliphatic heterocycles. The van der Waals surface area contributed by atoms with Crippen LogP contribution >= 0.6 is 22.9 Å². The van der Waals surface area contributed by atoms with E-state index in [0.717, 1.165) is 29.7 Å². The molecule has 1 aromatic carbocycles. The van der Waals surface area contributed by atoms with Crippen molar-refractivity contribution in [1.82, 2.24) is 14.0 Å². The number of nitrogens with one attached hydrogen (secondary N) is 2. The Hall–Kier alpha value is -1.80. The Morgan fingerprint density at radius 3 is 2.69 bits per heavy atom. The fourth-order valence-electron chi connectivity index (χ4n) is 2.67. The highest BCUT2D eigenvalue weighted by Gasteiger charge is 2.42. The minimum absolute atomic E-state index is 0.0247. The number of rotatable bonds is 3. The van der Waals surface area contributed by atoms with Crippen molar-refractivity contribution >= 4 is 44.7 Å². The first-order valence-electron chi connectivity index (χ1n) is 7.92. The predicted octanol–water partition coefficient (Wildman–Crippen LogP) is 3.17. The lowest BCUT2D eigenvalue weighted by atomic mass is 10.1. The molecule has 2 aromatic rings. The Morgan fingerprint density at radius 1 is 1.41 bits per heavy atom. The zero-order valence-electron chi connectivity index (χ0n) is 14.5. The molecule has 1 aliphatic rings. The fraction of sp³-hybridized carbons (Fsp3) is 0.333. The smallest absolute Gasteiger partial charge is 0.325 e. The minimum atomic E-state index is -4.66. The van der Waals surface area contributed by atoms with Crippen LogP contribution in [0.2, 0.25) is 5.02 Å². The second-order valence-electron chi connectivity index (χ2n) is 6.13. The molecule has 1 amide bonds. The molecule has 0 unspecified atom stereocenters. The van der Waals surface area contributed by atoms with Crippen molar-refractivity contribution in [2.45, 2.75) is 24.7 Å². The summed E-state index contributed by atoms with van der Waals surface area (Å²) in [5.41, 5.74) is 0.138. The summed E-state index contributed by atoms with van der Waals surface area (Å²) in [5, 5.41) is 1.08. The molecule has 0 saturated carbocycles. The summed E-state index contributed by atoms with van der Waals surface area (Å²) in [4.78, 5) is 15.9. The van der Waals surface area contributed by atoms with Crippen molar-refractivity contribution in [2.75, 3.05) is 12.4 Å². The van der Waals surface area contributed by atoms with Crippen LogP contribution in [-0.4, -0.2) is 36.7 Å². The third-order valence-electron chi connectivity index (χ3n) is 4.17. The van der Waals surface area contributed by atoms with Crippen molar-refractivity contribution < 1.29 is 30.8 Å². The quantitative estimate of drug-likeness (QED) is 0.671. The van der Waals surface area contributed by atoms with Crippen molar-refractivity contribution in [2.24, 2.45) is 0 Å². The molecule has 3 rings (SSSR count). The molecule has 1 saturated heterocycles. The van der Waals surface area contributed by atoms with Gasteiger partial charge in [0.05, 0.1) is 11.1 Å². The highest BCUT2D eigenvalue weighted by Crippen LogP contribution is 2.37. The van der Waals surface area contributed by atoms with Crippen molar-refractivity contribution in [3.05, 3.63) is 45.1 Å². The SMILES string of the molecule is CN1[C@H](C(=O)Nc2ccc(F)c(Cl)c2)C[C@H](c2cnc(C(F)(F)F)s2)NS1(=O)=O. The number of benzene rings is 1. The maximum Gasteiger partial charge on any atom is 0.443 e. The lowest BCUT2D eigenvalue weighted by Crippen LogP contribution is -2.55. The predicted molar refractivity (Wildman–Crippen MR) is 98.1 cm³/mol. The number of nitrogens with zero attached hydrogens (tertiary/aromatic N) is 2. The Bertz CT molecular complexity index is 1040. The summed E-state index contributed by atoms with van der Waals surface area (Å²) in [5.74, 6) is -1.44. The van der Waals surface area contributed by atoms with E-state index < -0.39 is 45.2 Å². The van der Waals surface area contributed by atoms with Gasteiger partial charge in [-0.1, -0.05) is 11.6 Å². The maximum atomic E-state index is 13.3. The van der Waals surface area contributed by atoms with E-state index in [1.807, 2.05) is 0 Å². The zero-order valence-corrected chi connectivity index (χ0v) is 16.9. The molecule has 14 heteroatoms. The topological polar surface area (TPSA) is 91.4 Å². The van der Waals surface area contributed by atoms with Gasteiger partial charge in [0.15, 0.2) is 5.01 Å². The Balaban J connectivity index is 1.84. The van der Waals surface area contributed by atoms with Gasteiger partial charge < -0.3 is 5.32 Å². The maximum absolute atomic E-state index is 13.3. The van der Waals surface area contributed by atoms with Gasteiger partial charge in [0.25, 0.3) is 10.2 Å². The van der Waals surface area contributed by atoms with Gasteiger partial charge in [0.2, 0.25) is 5.91 Å². The average molecular weight is 473 g/mol. The van der Waals surface area contributed by atoms with Gasteiger partial charge in [-0.25, -0.2) is 9.37 Å². The van der Waals surface area contributed by atoms with Gasteiger partial charge in [-0.3, -0.25) is 4.79 Å². The second-order valence-corrected chi connectivity index (χ2v) is 9.36. The number of likely N-dealkylation sites (N-methyl/N-ethyl adjacent to an activating group) is 1. The molecule has 1 fully saturated rings. The Kier molecular flexibility index (Phi) is 5.89. The molecule has 29 heavy (non-hydrogen) atoms. The van der Waals surface area contributed by atoms with Crippen molar-refractivity contribution in [1.29, 1.82) is 0 Å². The number of amides is 1. The van der Waals surface area contributed by atoms with E-state index in [-0.39, 0.29) is 22.0 Å². The first-order chi connectivity index (χ1) is 13.4. The molecule has 0 bridgehead atoms. The summed E-state index contributed by atoms with van der Waals surface area (Å²) in [6.45, 7) is 0. The number of alkyl halides is 3. The average Bonchev–Trinajstić information content (AvgIpc) is 3.11. The highest BCUT2D eigenvalue weighted by atomic mass is 35.5. The Labute approximate surface area is 171 Å². The van der Waals surface area contributed by atoms with E-state index in [2.05, 4.69) is 15.0 Å². The lowest BCUT2D eigenvalue weighted by Gasteiger charge is -2.35. The van der Waals surface area contributed by atoms with Gasteiger partial charge in [0, 0.05) is 23.8 Å². The molecular formula is C15H13ClF4N4O3S2. The highest BCUT2D eigenvalue weighted by molar-refractivity contribution is 7.87. The second kappa shape index (κ2) is 7.80. The molecule has 7 nitrogen and oxygen atoms in total. The largest absolute Gasteiger partial charge is 0.443 e. The van der Waals surface area contributed by atoms with Crippen molar-refractivity contribution in [3.63, 3.8) is 0 Å². The lowest BCUT2D eigenvalue weighted by molar-refractivity contribution is -0.137. The normalized spacial score (nSPS) is 22.4. The zero-order chi connectivity index (χ0) is 21.6. The number of thiazole rings is 1.